The van der Waals surface area contributed by atoms with Crippen LogP contribution in [0.3, 0.4) is 0 Å². The van der Waals surface area contributed by atoms with Gasteiger partial charge in [-0.2, -0.15) is 0 Å². The maximum atomic E-state index is 5.88. The zero-order chi connectivity index (χ0) is 14.9. The van der Waals surface area contributed by atoms with Gasteiger partial charge in [0, 0.05) is 6.54 Å². The van der Waals surface area contributed by atoms with E-state index in [0.29, 0.717) is 0 Å². The summed E-state index contributed by atoms with van der Waals surface area (Å²) in [6.45, 7) is 5.92. The van der Waals surface area contributed by atoms with Gasteiger partial charge in [-0.25, -0.2) is 0 Å². The molecule has 0 unspecified atom stereocenters. The van der Waals surface area contributed by atoms with Crippen molar-refractivity contribution in [2.75, 3.05) is 11.9 Å². The maximum absolute atomic E-state index is 5.88. The number of ether oxygens (including phenoxy) is 1. The molecular weight excluding hydrogens is 258 g/mol. The molecule has 0 bridgehead atoms. The Bertz CT molecular complexity index is 534. The van der Waals surface area contributed by atoms with Gasteiger partial charge in [0.15, 0.2) is 0 Å². The number of hydrogen-bond acceptors (Lipinski definition) is 2. The molecule has 0 spiro atoms. The number of unbranched alkanes of at least 4 members (excludes halogenated alkanes) is 2. The first kappa shape index (κ1) is 15.4. The molecule has 2 aromatic rings. The van der Waals surface area contributed by atoms with E-state index in [2.05, 4.69) is 49.5 Å². The summed E-state index contributed by atoms with van der Waals surface area (Å²) in [7, 11) is 0. The molecule has 0 fully saturated rings. The van der Waals surface area contributed by atoms with Crippen molar-refractivity contribution in [1.29, 1.82) is 0 Å². The zero-order valence-corrected chi connectivity index (χ0v) is 13.1. The molecule has 2 heteroatoms. The Balaban J connectivity index is 1.91. The fourth-order valence-electron chi connectivity index (χ4n) is 2.18. The van der Waals surface area contributed by atoms with E-state index in [4.69, 9.17) is 4.74 Å². The van der Waals surface area contributed by atoms with E-state index in [0.717, 1.165) is 31.0 Å². The lowest BCUT2D eigenvalue weighted by molar-refractivity contribution is 0.307. The summed E-state index contributed by atoms with van der Waals surface area (Å²) in [4.78, 5) is 0. The summed E-state index contributed by atoms with van der Waals surface area (Å²) in [5.41, 5.74) is 3.63. The van der Waals surface area contributed by atoms with Crippen LogP contribution in [0.4, 0.5) is 5.69 Å². The molecule has 0 amide bonds. The van der Waals surface area contributed by atoms with Crippen LogP contribution in [-0.4, -0.2) is 6.61 Å². The molecule has 0 radical (unpaired) electrons. The number of nitrogens with one attached hydrogen (secondary N) is 1. The van der Waals surface area contributed by atoms with Crippen LogP contribution in [0.1, 0.15) is 37.3 Å². The third kappa shape index (κ3) is 5.14. The molecule has 0 aliphatic carbocycles. The molecule has 0 saturated carbocycles. The van der Waals surface area contributed by atoms with E-state index in [1.165, 1.54) is 24.0 Å². The van der Waals surface area contributed by atoms with Crippen LogP contribution < -0.4 is 10.1 Å². The molecule has 112 valence electrons. The second-order valence-electron chi connectivity index (χ2n) is 5.39. The predicted molar refractivity (Wildman–Crippen MR) is 90.0 cm³/mol. The molecule has 0 aliphatic rings. The number of para-hydroxylation sites is 2. The minimum atomic E-state index is 0.789. The van der Waals surface area contributed by atoms with Gasteiger partial charge in [0.05, 0.1) is 12.3 Å². The zero-order valence-electron chi connectivity index (χ0n) is 13.1. The lowest BCUT2D eigenvalue weighted by atomic mass is 10.1. The van der Waals surface area contributed by atoms with E-state index in [-0.39, 0.29) is 0 Å². The van der Waals surface area contributed by atoms with Gasteiger partial charge in [0.1, 0.15) is 5.75 Å². The third-order valence-corrected chi connectivity index (χ3v) is 3.50. The molecule has 0 aromatic heterocycles. The third-order valence-electron chi connectivity index (χ3n) is 3.50. The second kappa shape index (κ2) is 8.35. The monoisotopic (exact) mass is 283 g/mol. The smallest absolute Gasteiger partial charge is 0.142 e. The van der Waals surface area contributed by atoms with Crippen LogP contribution in [0.5, 0.6) is 5.75 Å². The summed E-state index contributed by atoms with van der Waals surface area (Å²) in [6, 6.07) is 16.8. The summed E-state index contributed by atoms with van der Waals surface area (Å²) in [5, 5.41) is 3.46. The molecule has 0 heterocycles. The summed E-state index contributed by atoms with van der Waals surface area (Å²) in [6.07, 6.45) is 3.55. The van der Waals surface area contributed by atoms with Gasteiger partial charge in [-0.3, -0.25) is 0 Å². The quantitative estimate of drug-likeness (QED) is 0.674. The van der Waals surface area contributed by atoms with Gasteiger partial charge >= 0.3 is 0 Å². The van der Waals surface area contributed by atoms with Crippen LogP contribution in [0.2, 0.25) is 0 Å². The van der Waals surface area contributed by atoms with Crippen molar-refractivity contribution in [2.45, 2.75) is 39.7 Å². The Morgan fingerprint density at radius 2 is 1.71 bits per heavy atom. The SMILES string of the molecule is CCCCCOc1ccccc1NCc1ccc(C)cc1. The van der Waals surface area contributed by atoms with Crippen molar-refractivity contribution in [3.63, 3.8) is 0 Å². The Kier molecular flexibility index (Phi) is 6.14. The molecule has 0 saturated heterocycles. The number of aryl methyl sites for hydroxylation is 1. The average molecular weight is 283 g/mol. The first-order chi connectivity index (χ1) is 10.3. The van der Waals surface area contributed by atoms with Crippen LogP contribution in [0.25, 0.3) is 0 Å². The van der Waals surface area contributed by atoms with Crippen molar-refractivity contribution >= 4 is 5.69 Å². The Morgan fingerprint density at radius 1 is 0.952 bits per heavy atom. The maximum Gasteiger partial charge on any atom is 0.142 e. The lowest BCUT2D eigenvalue weighted by Crippen LogP contribution is -2.04. The summed E-state index contributed by atoms with van der Waals surface area (Å²) < 4.78 is 5.88. The van der Waals surface area contributed by atoms with Gasteiger partial charge in [0.2, 0.25) is 0 Å². The molecule has 2 rings (SSSR count). The molecular formula is C19H25NO. The van der Waals surface area contributed by atoms with E-state index < -0.39 is 0 Å². The minimum absolute atomic E-state index is 0.789. The van der Waals surface area contributed by atoms with Gasteiger partial charge in [-0.15, -0.1) is 0 Å². The van der Waals surface area contributed by atoms with Gasteiger partial charge in [0.25, 0.3) is 0 Å². The van der Waals surface area contributed by atoms with Gasteiger partial charge in [-0.05, 0) is 31.0 Å². The highest BCUT2D eigenvalue weighted by atomic mass is 16.5. The van der Waals surface area contributed by atoms with Gasteiger partial charge < -0.3 is 10.1 Å². The average Bonchev–Trinajstić information content (AvgIpc) is 2.52. The standard InChI is InChI=1S/C19H25NO/c1-3-4-7-14-21-19-9-6-5-8-18(19)20-15-17-12-10-16(2)11-13-17/h5-6,8-13,20H,3-4,7,14-15H2,1-2H3. The number of hydrogen-bond donors (Lipinski definition) is 1. The van der Waals surface area contributed by atoms with Gasteiger partial charge in [-0.1, -0.05) is 61.7 Å². The topological polar surface area (TPSA) is 21.3 Å². The lowest BCUT2D eigenvalue weighted by Gasteiger charge is -2.13. The van der Waals surface area contributed by atoms with E-state index in [1.54, 1.807) is 0 Å². The van der Waals surface area contributed by atoms with E-state index >= 15 is 0 Å². The first-order valence-electron chi connectivity index (χ1n) is 7.81. The van der Waals surface area contributed by atoms with Crippen LogP contribution in [0, 0.1) is 6.92 Å². The van der Waals surface area contributed by atoms with E-state index in [9.17, 15) is 0 Å². The molecule has 21 heavy (non-hydrogen) atoms. The second-order valence-corrected chi connectivity index (χ2v) is 5.39. The molecule has 2 aromatic carbocycles. The normalized spacial score (nSPS) is 10.4. The number of anilines is 1. The van der Waals surface area contributed by atoms with Crippen molar-refractivity contribution in [3.8, 4) is 5.75 Å². The Hall–Kier alpha value is -1.96. The first-order valence-corrected chi connectivity index (χ1v) is 7.81. The summed E-state index contributed by atoms with van der Waals surface area (Å²) in [5.74, 6) is 0.945. The van der Waals surface area contributed by atoms with Crippen molar-refractivity contribution in [1.82, 2.24) is 0 Å². The molecule has 0 atom stereocenters. The van der Waals surface area contributed by atoms with E-state index in [1.807, 2.05) is 18.2 Å². The van der Waals surface area contributed by atoms with Crippen LogP contribution in [-0.2, 0) is 6.54 Å². The molecule has 1 N–H and O–H groups in total. The minimum Gasteiger partial charge on any atom is -0.491 e. The largest absolute Gasteiger partial charge is 0.491 e. The van der Waals surface area contributed by atoms with Crippen LogP contribution in [0.15, 0.2) is 48.5 Å². The fraction of sp³-hybridized carbons (Fsp3) is 0.368. The Labute approximate surface area is 128 Å². The van der Waals surface area contributed by atoms with Crippen molar-refractivity contribution in [2.24, 2.45) is 0 Å². The highest BCUT2D eigenvalue weighted by Gasteiger charge is 2.02. The summed E-state index contributed by atoms with van der Waals surface area (Å²) >= 11 is 0. The highest BCUT2D eigenvalue weighted by molar-refractivity contribution is 5.56. The number of rotatable bonds is 8. The fourth-order valence-corrected chi connectivity index (χ4v) is 2.18. The van der Waals surface area contributed by atoms with Crippen molar-refractivity contribution < 1.29 is 4.74 Å². The molecule has 2 nitrogen and oxygen atoms in total. The Morgan fingerprint density at radius 3 is 2.48 bits per heavy atom. The van der Waals surface area contributed by atoms with Crippen LogP contribution >= 0.6 is 0 Å². The highest BCUT2D eigenvalue weighted by Crippen LogP contribution is 2.24. The predicted octanol–water partition coefficient (Wildman–Crippen LogP) is 5.18. The molecule has 0 aliphatic heterocycles. The van der Waals surface area contributed by atoms with Crippen molar-refractivity contribution in [3.05, 3.63) is 59.7 Å². The number of benzene rings is 2.